The number of imide groups is 1. The third kappa shape index (κ3) is 3.51. The van der Waals surface area contributed by atoms with Crippen molar-refractivity contribution in [2.24, 2.45) is 0 Å². The van der Waals surface area contributed by atoms with Crippen LogP contribution in [0.25, 0.3) is 6.08 Å². The van der Waals surface area contributed by atoms with Crippen molar-refractivity contribution >= 4 is 34.7 Å². The maximum absolute atomic E-state index is 12.5. The van der Waals surface area contributed by atoms with Crippen LogP contribution in [0.5, 0.6) is 0 Å². The molecule has 1 aliphatic heterocycles. The minimum atomic E-state index is -0.258. The highest BCUT2D eigenvalue weighted by molar-refractivity contribution is 8.18. The van der Waals surface area contributed by atoms with E-state index in [-0.39, 0.29) is 17.8 Å². The lowest BCUT2D eigenvalue weighted by molar-refractivity contribution is -0.122. The molecule has 1 heterocycles. The Morgan fingerprint density at radius 3 is 2.46 bits per heavy atom. The molecule has 2 amide bonds. The molecule has 2 aromatic rings. The molecule has 0 radical (unpaired) electrons. The van der Waals surface area contributed by atoms with E-state index in [0.717, 1.165) is 34.1 Å². The minimum Gasteiger partial charge on any atom is -0.367 e. The second-order valence-electron chi connectivity index (χ2n) is 5.67. The van der Waals surface area contributed by atoms with Crippen molar-refractivity contribution in [3.8, 4) is 0 Å². The van der Waals surface area contributed by atoms with Gasteiger partial charge in [-0.15, -0.1) is 0 Å². The Bertz CT molecular complexity index is 812. The van der Waals surface area contributed by atoms with Crippen LogP contribution in [-0.4, -0.2) is 22.7 Å². The number of amides is 2. The number of nitrogens with zero attached hydrogens (tertiary/aromatic N) is 1. The van der Waals surface area contributed by atoms with E-state index in [0.29, 0.717) is 4.91 Å². The van der Waals surface area contributed by atoms with E-state index in [4.69, 9.17) is 0 Å². The lowest BCUT2D eigenvalue weighted by Crippen LogP contribution is -2.33. The molecule has 0 unspecified atom stereocenters. The topological polar surface area (TPSA) is 49.4 Å². The number of carbonyl (C=O) groups excluding carboxylic acids is 2. The Kier molecular flexibility index (Phi) is 4.71. The van der Waals surface area contributed by atoms with Crippen LogP contribution in [0.15, 0.2) is 53.4 Å². The summed E-state index contributed by atoms with van der Waals surface area (Å²) in [5.41, 5.74) is 4.05. The van der Waals surface area contributed by atoms with E-state index in [9.17, 15) is 9.59 Å². The van der Waals surface area contributed by atoms with Crippen LogP contribution < -0.4 is 5.32 Å². The molecule has 0 bridgehead atoms. The smallest absolute Gasteiger partial charge is 0.295 e. The average Bonchev–Trinajstić information content (AvgIpc) is 2.83. The summed E-state index contributed by atoms with van der Waals surface area (Å²) in [6, 6.07) is 15.6. The normalized spacial score (nSPS) is 16.1. The van der Waals surface area contributed by atoms with Crippen molar-refractivity contribution < 1.29 is 9.59 Å². The number of hydrogen-bond acceptors (Lipinski definition) is 4. The predicted molar refractivity (Wildman–Crippen MR) is 98.7 cm³/mol. The second kappa shape index (κ2) is 6.93. The number of carbonyl (C=O) groups is 2. The standard InChI is InChI=1S/C19H18N2O2S/c1-13-7-9-15(10-8-13)11-17-18(22)21(19(23)24-17)12-20-16-6-4-3-5-14(16)2/h3-11,20H,12H2,1-2H3. The molecule has 1 N–H and O–H groups in total. The number of benzene rings is 2. The molecule has 0 aliphatic carbocycles. The molecule has 0 atom stereocenters. The van der Waals surface area contributed by atoms with Crippen molar-refractivity contribution in [1.29, 1.82) is 0 Å². The van der Waals surface area contributed by atoms with E-state index in [2.05, 4.69) is 5.32 Å². The minimum absolute atomic E-state index is 0.167. The lowest BCUT2D eigenvalue weighted by Gasteiger charge is -2.15. The summed E-state index contributed by atoms with van der Waals surface area (Å²) in [5, 5.41) is 2.90. The summed E-state index contributed by atoms with van der Waals surface area (Å²) in [4.78, 5) is 26.3. The number of aryl methyl sites for hydroxylation is 2. The number of para-hydroxylation sites is 1. The van der Waals surface area contributed by atoms with Gasteiger partial charge in [0.1, 0.15) is 0 Å². The fourth-order valence-corrected chi connectivity index (χ4v) is 3.22. The molecule has 1 saturated heterocycles. The molecule has 3 rings (SSSR count). The van der Waals surface area contributed by atoms with Crippen LogP contribution in [0, 0.1) is 13.8 Å². The van der Waals surface area contributed by atoms with Gasteiger partial charge in [0.2, 0.25) is 0 Å². The molecule has 1 aliphatic rings. The van der Waals surface area contributed by atoms with E-state index in [1.165, 1.54) is 4.90 Å². The Labute approximate surface area is 145 Å². The Morgan fingerprint density at radius 1 is 1.04 bits per heavy atom. The summed E-state index contributed by atoms with van der Waals surface area (Å²) in [7, 11) is 0. The van der Waals surface area contributed by atoms with Crippen molar-refractivity contribution in [2.45, 2.75) is 13.8 Å². The van der Waals surface area contributed by atoms with Gasteiger partial charge < -0.3 is 5.32 Å². The van der Waals surface area contributed by atoms with Crippen molar-refractivity contribution in [2.75, 3.05) is 12.0 Å². The maximum atomic E-state index is 12.5. The second-order valence-corrected chi connectivity index (χ2v) is 6.66. The highest BCUT2D eigenvalue weighted by atomic mass is 32.2. The summed E-state index contributed by atoms with van der Waals surface area (Å²) in [6.45, 7) is 4.16. The SMILES string of the molecule is Cc1ccc(C=C2SC(=O)N(CNc3ccccc3C)C2=O)cc1. The van der Waals surface area contributed by atoms with E-state index < -0.39 is 0 Å². The number of hydrogen-bond donors (Lipinski definition) is 1. The molecule has 2 aromatic carbocycles. The van der Waals surface area contributed by atoms with Crippen LogP contribution in [0.3, 0.4) is 0 Å². The maximum Gasteiger partial charge on any atom is 0.295 e. The number of nitrogens with one attached hydrogen (secondary N) is 1. The Hall–Kier alpha value is -2.53. The van der Waals surface area contributed by atoms with Crippen LogP contribution in [-0.2, 0) is 4.79 Å². The summed E-state index contributed by atoms with van der Waals surface area (Å²) < 4.78 is 0. The van der Waals surface area contributed by atoms with Gasteiger partial charge >= 0.3 is 0 Å². The summed E-state index contributed by atoms with van der Waals surface area (Å²) in [6.07, 6.45) is 1.76. The van der Waals surface area contributed by atoms with Gasteiger partial charge in [0.15, 0.2) is 0 Å². The zero-order valence-electron chi connectivity index (χ0n) is 13.6. The highest BCUT2D eigenvalue weighted by Gasteiger charge is 2.34. The van der Waals surface area contributed by atoms with Crippen LogP contribution in [0.4, 0.5) is 10.5 Å². The first-order valence-electron chi connectivity index (χ1n) is 7.66. The zero-order valence-corrected chi connectivity index (χ0v) is 14.4. The van der Waals surface area contributed by atoms with E-state index in [1.807, 2.05) is 62.4 Å². The molecular formula is C19H18N2O2S. The average molecular weight is 338 g/mol. The number of thioether (sulfide) groups is 1. The third-order valence-electron chi connectivity index (χ3n) is 3.82. The van der Waals surface area contributed by atoms with Crippen molar-refractivity contribution in [3.05, 3.63) is 70.1 Å². The van der Waals surface area contributed by atoms with E-state index >= 15 is 0 Å². The number of rotatable bonds is 4. The van der Waals surface area contributed by atoms with Crippen LogP contribution in [0.1, 0.15) is 16.7 Å². The molecule has 0 saturated carbocycles. The van der Waals surface area contributed by atoms with Gasteiger partial charge in [0.05, 0.1) is 11.6 Å². The van der Waals surface area contributed by atoms with Gasteiger partial charge in [-0.3, -0.25) is 14.5 Å². The molecule has 0 spiro atoms. The molecule has 5 heteroatoms. The largest absolute Gasteiger partial charge is 0.367 e. The van der Waals surface area contributed by atoms with Crippen molar-refractivity contribution in [3.63, 3.8) is 0 Å². The van der Waals surface area contributed by atoms with Crippen LogP contribution >= 0.6 is 11.8 Å². The fraction of sp³-hybridized carbons (Fsp3) is 0.158. The van der Waals surface area contributed by atoms with Crippen molar-refractivity contribution in [1.82, 2.24) is 4.90 Å². The Balaban J connectivity index is 1.72. The number of anilines is 1. The molecule has 122 valence electrons. The van der Waals surface area contributed by atoms with Crippen LogP contribution in [0.2, 0.25) is 0 Å². The Morgan fingerprint density at radius 2 is 1.75 bits per heavy atom. The molecule has 1 fully saturated rings. The lowest BCUT2D eigenvalue weighted by atomic mass is 10.1. The zero-order chi connectivity index (χ0) is 17.1. The highest BCUT2D eigenvalue weighted by Crippen LogP contribution is 2.32. The van der Waals surface area contributed by atoms with Gasteiger partial charge in [0, 0.05) is 5.69 Å². The van der Waals surface area contributed by atoms with E-state index in [1.54, 1.807) is 6.08 Å². The first-order valence-corrected chi connectivity index (χ1v) is 8.48. The van der Waals surface area contributed by atoms with Gasteiger partial charge in [-0.2, -0.15) is 0 Å². The van der Waals surface area contributed by atoms with Gasteiger partial charge in [-0.25, -0.2) is 0 Å². The molecule has 4 nitrogen and oxygen atoms in total. The fourth-order valence-electron chi connectivity index (χ4n) is 2.39. The predicted octanol–water partition coefficient (Wildman–Crippen LogP) is 4.41. The summed E-state index contributed by atoms with van der Waals surface area (Å²) >= 11 is 0.979. The van der Waals surface area contributed by atoms with Gasteiger partial charge in [-0.1, -0.05) is 48.0 Å². The third-order valence-corrected chi connectivity index (χ3v) is 4.73. The monoisotopic (exact) mass is 338 g/mol. The van der Waals surface area contributed by atoms with Gasteiger partial charge in [-0.05, 0) is 48.9 Å². The first kappa shape index (κ1) is 16.3. The summed E-state index contributed by atoms with van der Waals surface area (Å²) in [5.74, 6) is -0.258. The van der Waals surface area contributed by atoms with Gasteiger partial charge in [0.25, 0.3) is 11.1 Å². The first-order chi connectivity index (χ1) is 11.5. The molecule has 24 heavy (non-hydrogen) atoms. The quantitative estimate of drug-likeness (QED) is 0.839. The molecule has 0 aromatic heterocycles. The molecular weight excluding hydrogens is 320 g/mol.